The molecule has 1 aromatic rings. The molecule has 5 nitrogen and oxygen atoms in total. The van der Waals surface area contributed by atoms with Crippen molar-refractivity contribution >= 4 is 5.69 Å². The van der Waals surface area contributed by atoms with Crippen molar-refractivity contribution in [2.45, 2.75) is 37.8 Å². The molecule has 1 saturated carbocycles. The summed E-state index contributed by atoms with van der Waals surface area (Å²) in [5, 5.41) is 14.3. The smallest absolute Gasteiger partial charge is 0.232 e. The highest BCUT2D eigenvalue weighted by atomic mass is 16.6. The van der Waals surface area contributed by atoms with E-state index in [1.165, 1.54) is 0 Å². The van der Waals surface area contributed by atoms with Gasteiger partial charge in [0.2, 0.25) is 6.04 Å². The standard InChI is InChI=1S/C13H18N2O3/c1-18-11-8-6-10(7-9-11)14-12-4-2-3-5-13(12)15(16)17/h6-9,12-14H,2-5H2,1H3/t12-,13-/m1/s1. The number of ether oxygens (including phenoxy) is 1. The zero-order valence-corrected chi connectivity index (χ0v) is 10.5. The van der Waals surface area contributed by atoms with Gasteiger partial charge in [0.1, 0.15) is 5.75 Å². The van der Waals surface area contributed by atoms with Gasteiger partial charge in [0.05, 0.1) is 13.2 Å². The molecule has 0 saturated heterocycles. The van der Waals surface area contributed by atoms with Crippen LogP contribution < -0.4 is 10.1 Å². The van der Waals surface area contributed by atoms with E-state index in [1.807, 2.05) is 24.3 Å². The molecule has 98 valence electrons. The number of anilines is 1. The van der Waals surface area contributed by atoms with Gasteiger partial charge in [-0.25, -0.2) is 0 Å². The predicted molar refractivity (Wildman–Crippen MR) is 69.7 cm³/mol. The summed E-state index contributed by atoms with van der Waals surface area (Å²) in [6.45, 7) is 0. The summed E-state index contributed by atoms with van der Waals surface area (Å²) in [4.78, 5) is 10.8. The number of rotatable bonds is 4. The number of nitro groups is 1. The average Bonchev–Trinajstić information content (AvgIpc) is 2.40. The van der Waals surface area contributed by atoms with Gasteiger partial charge in [-0.1, -0.05) is 6.42 Å². The van der Waals surface area contributed by atoms with E-state index in [2.05, 4.69) is 5.32 Å². The molecular formula is C13H18N2O3. The summed E-state index contributed by atoms with van der Waals surface area (Å²) < 4.78 is 5.08. The van der Waals surface area contributed by atoms with E-state index in [-0.39, 0.29) is 11.0 Å². The van der Waals surface area contributed by atoms with Crippen LogP contribution >= 0.6 is 0 Å². The maximum atomic E-state index is 11.0. The van der Waals surface area contributed by atoms with Crippen molar-refractivity contribution < 1.29 is 9.66 Å². The van der Waals surface area contributed by atoms with E-state index in [0.29, 0.717) is 6.42 Å². The molecule has 0 aliphatic heterocycles. The van der Waals surface area contributed by atoms with Crippen LogP contribution in [0.15, 0.2) is 24.3 Å². The monoisotopic (exact) mass is 250 g/mol. The minimum atomic E-state index is -0.471. The molecule has 1 N–H and O–H groups in total. The lowest BCUT2D eigenvalue weighted by Gasteiger charge is -2.27. The summed E-state index contributed by atoms with van der Waals surface area (Å²) >= 11 is 0. The van der Waals surface area contributed by atoms with Crippen LogP contribution in [0.1, 0.15) is 25.7 Å². The van der Waals surface area contributed by atoms with Crippen LogP contribution in [-0.4, -0.2) is 24.1 Å². The molecule has 0 spiro atoms. The zero-order chi connectivity index (χ0) is 13.0. The van der Waals surface area contributed by atoms with Gasteiger partial charge in [-0.05, 0) is 37.1 Å². The maximum Gasteiger partial charge on any atom is 0.232 e. The van der Waals surface area contributed by atoms with E-state index >= 15 is 0 Å². The Bertz CT molecular complexity index is 405. The van der Waals surface area contributed by atoms with Crippen LogP contribution in [0.5, 0.6) is 5.75 Å². The first-order chi connectivity index (χ1) is 8.70. The number of nitrogens with one attached hydrogen (secondary N) is 1. The molecule has 1 fully saturated rings. The molecule has 18 heavy (non-hydrogen) atoms. The lowest BCUT2D eigenvalue weighted by molar-refractivity contribution is -0.527. The van der Waals surface area contributed by atoms with Gasteiger partial charge in [-0.15, -0.1) is 0 Å². The molecule has 2 rings (SSSR count). The van der Waals surface area contributed by atoms with E-state index < -0.39 is 6.04 Å². The van der Waals surface area contributed by atoms with Crippen LogP contribution in [0, 0.1) is 10.1 Å². The normalized spacial score (nSPS) is 23.4. The minimum absolute atomic E-state index is 0.0675. The van der Waals surface area contributed by atoms with Crippen molar-refractivity contribution in [1.29, 1.82) is 0 Å². The number of hydrogen-bond acceptors (Lipinski definition) is 4. The van der Waals surface area contributed by atoms with Gasteiger partial charge in [0.15, 0.2) is 0 Å². The van der Waals surface area contributed by atoms with Gasteiger partial charge in [-0.3, -0.25) is 10.1 Å². The van der Waals surface area contributed by atoms with E-state index in [1.54, 1.807) is 7.11 Å². The van der Waals surface area contributed by atoms with Crippen molar-refractivity contribution in [2.75, 3.05) is 12.4 Å². The van der Waals surface area contributed by atoms with Crippen molar-refractivity contribution in [3.05, 3.63) is 34.4 Å². The minimum Gasteiger partial charge on any atom is -0.497 e. The van der Waals surface area contributed by atoms with Gasteiger partial charge in [0.25, 0.3) is 0 Å². The van der Waals surface area contributed by atoms with Crippen LogP contribution in [0.2, 0.25) is 0 Å². The second-order valence-corrected chi connectivity index (χ2v) is 4.62. The van der Waals surface area contributed by atoms with E-state index in [9.17, 15) is 10.1 Å². The molecule has 1 aliphatic carbocycles. The second kappa shape index (κ2) is 5.71. The molecular weight excluding hydrogens is 232 g/mol. The Morgan fingerprint density at radius 1 is 1.28 bits per heavy atom. The fraction of sp³-hybridized carbons (Fsp3) is 0.538. The predicted octanol–water partition coefficient (Wildman–Crippen LogP) is 2.70. The summed E-state index contributed by atoms with van der Waals surface area (Å²) in [7, 11) is 1.62. The Balaban J connectivity index is 2.03. The summed E-state index contributed by atoms with van der Waals surface area (Å²) in [5.74, 6) is 0.787. The third kappa shape index (κ3) is 2.91. The van der Waals surface area contributed by atoms with E-state index in [0.717, 1.165) is 30.7 Å². The van der Waals surface area contributed by atoms with Crippen molar-refractivity contribution in [1.82, 2.24) is 0 Å². The molecule has 0 aromatic heterocycles. The highest BCUT2D eigenvalue weighted by Crippen LogP contribution is 2.25. The number of methoxy groups -OCH3 is 1. The fourth-order valence-corrected chi connectivity index (χ4v) is 2.43. The SMILES string of the molecule is COc1ccc(N[C@@H]2CCCC[C@H]2[N+](=O)[O-])cc1. The summed E-state index contributed by atoms with van der Waals surface area (Å²) in [5.41, 5.74) is 0.912. The molecule has 0 bridgehead atoms. The lowest BCUT2D eigenvalue weighted by atomic mass is 9.90. The summed E-state index contributed by atoms with van der Waals surface area (Å²) in [6, 6.07) is 6.95. The molecule has 0 radical (unpaired) electrons. The lowest BCUT2D eigenvalue weighted by Crippen LogP contribution is -2.41. The number of hydrogen-bond donors (Lipinski definition) is 1. The van der Waals surface area contributed by atoms with Crippen LogP contribution in [0.4, 0.5) is 5.69 Å². The van der Waals surface area contributed by atoms with Crippen LogP contribution in [0.25, 0.3) is 0 Å². The molecule has 0 unspecified atom stereocenters. The first-order valence-corrected chi connectivity index (χ1v) is 6.25. The topological polar surface area (TPSA) is 64.4 Å². The Morgan fingerprint density at radius 2 is 1.94 bits per heavy atom. The van der Waals surface area contributed by atoms with Crippen LogP contribution in [-0.2, 0) is 0 Å². The van der Waals surface area contributed by atoms with Crippen molar-refractivity contribution in [3.63, 3.8) is 0 Å². The molecule has 2 atom stereocenters. The molecule has 5 heteroatoms. The fourth-order valence-electron chi connectivity index (χ4n) is 2.43. The largest absolute Gasteiger partial charge is 0.497 e. The van der Waals surface area contributed by atoms with Gasteiger partial charge < -0.3 is 10.1 Å². The van der Waals surface area contributed by atoms with E-state index in [4.69, 9.17) is 4.74 Å². The maximum absolute atomic E-state index is 11.0. The zero-order valence-electron chi connectivity index (χ0n) is 10.5. The highest BCUT2D eigenvalue weighted by molar-refractivity contribution is 5.47. The second-order valence-electron chi connectivity index (χ2n) is 4.62. The first-order valence-electron chi connectivity index (χ1n) is 6.25. The Morgan fingerprint density at radius 3 is 2.56 bits per heavy atom. The average molecular weight is 250 g/mol. The molecule has 1 aliphatic rings. The van der Waals surface area contributed by atoms with Gasteiger partial charge >= 0.3 is 0 Å². The van der Waals surface area contributed by atoms with Gasteiger partial charge in [-0.2, -0.15) is 0 Å². The Kier molecular flexibility index (Phi) is 4.02. The summed E-state index contributed by atoms with van der Waals surface area (Å²) in [6.07, 6.45) is 3.53. The molecule has 1 aromatic carbocycles. The third-order valence-corrected chi connectivity index (χ3v) is 3.44. The molecule has 0 amide bonds. The Hall–Kier alpha value is -1.78. The van der Waals surface area contributed by atoms with Crippen LogP contribution in [0.3, 0.4) is 0 Å². The highest BCUT2D eigenvalue weighted by Gasteiger charge is 2.33. The number of nitrogens with zero attached hydrogens (tertiary/aromatic N) is 1. The van der Waals surface area contributed by atoms with Crippen molar-refractivity contribution in [2.24, 2.45) is 0 Å². The Labute approximate surface area is 106 Å². The number of benzene rings is 1. The molecule has 0 heterocycles. The quantitative estimate of drug-likeness (QED) is 0.659. The van der Waals surface area contributed by atoms with Gasteiger partial charge in [0, 0.05) is 17.0 Å². The third-order valence-electron chi connectivity index (χ3n) is 3.44. The van der Waals surface area contributed by atoms with Crippen molar-refractivity contribution in [3.8, 4) is 5.75 Å². The first kappa shape index (κ1) is 12.7.